The van der Waals surface area contributed by atoms with Crippen LogP contribution in [0.1, 0.15) is 19.5 Å². The predicted octanol–water partition coefficient (Wildman–Crippen LogP) is 4.13. The van der Waals surface area contributed by atoms with E-state index in [-0.39, 0.29) is 23.5 Å². The highest BCUT2D eigenvalue weighted by Crippen LogP contribution is 2.28. The Balaban J connectivity index is 1.88. The molecule has 1 heterocycles. The van der Waals surface area contributed by atoms with Gasteiger partial charge in [-0.25, -0.2) is 4.98 Å². The maximum Gasteiger partial charge on any atom is 0.311 e. The summed E-state index contributed by atoms with van der Waals surface area (Å²) < 4.78 is 6.62. The molecule has 2 rings (SSSR count). The summed E-state index contributed by atoms with van der Waals surface area (Å²) in [6, 6.07) is 7.41. The van der Waals surface area contributed by atoms with E-state index in [1.165, 1.54) is 23.1 Å². The highest BCUT2D eigenvalue weighted by atomic mass is 79.9. The van der Waals surface area contributed by atoms with Gasteiger partial charge in [-0.1, -0.05) is 27.7 Å². The monoisotopic (exact) mass is 428 g/mol. The number of halogens is 1. The number of rotatable bonds is 7. The SMILES string of the molecule is CCOC(=O)Cc1csc(SC(C)C(=O)Nc2ccc(Br)cc2)n1. The summed E-state index contributed by atoms with van der Waals surface area (Å²) in [6.45, 7) is 3.95. The summed E-state index contributed by atoms with van der Waals surface area (Å²) in [5.74, 6) is -0.384. The Morgan fingerprint density at radius 1 is 1.38 bits per heavy atom. The fraction of sp³-hybridized carbons (Fsp3) is 0.312. The first-order valence-electron chi connectivity index (χ1n) is 7.31. The van der Waals surface area contributed by atoms with Crippen LogP contribution in [-0.4, -0.2) is 28.7 Å². The number of amides is 1. The standard InChI is InChI=1S/C16H17BrN2O3S2/c1-3-22-14(20)8-13-9-23-16(19-13)24-10(2)15(21)18-12-6-4-11(17)5-7-12/h4-7,9-10H,3,8H2,1-2H3,(H,18,21). The van der Waals surface area contributed by atoms with Crippen LogP contribution in [0.3, 0.4) is 0 Å². The Bertz CT molecular complexity index is 704. The highest BCUT2D eigenvalue weighted by molar-refractivity contribution is 9.10. The molecule has 2 aromatic rings. The summed E-state index contributed by atoms with van der Waals surface area (Å²) in [7, 11) is 0. The smallest absolute Gasteiger partial charge is 0.311 e. The van der Waals surface area contributed by atoms with Crippen molar-refractivity contribution in [3.8, 4) is 0 Å². The van der Waals surface area contributed by atoms with Crippen molar-refractivity contribution in [3.05, 3.63) is 39.8 Å². The molecule has 1 unspecified atom stereocenters. The topological polar surface area (TPSA) is 68.3 Å². The Hall–Kier alpha value is -1.38. The van der Waals surface area contributed by atoms with E-state index < -0.39 is 0 Å². The van der Waals surface area contributed by atoms with Crippen molar-refractivity contribution < 1.29 is 14.3 Å². The van der Waals surface area contributed by atoms with E-state index in [1.807, 2.05) is 36.6 Å². The van der Waals surface area contributed by atoms with Crippen LogP contribution in [0.15, 0.2) is 38.5 Å². The number of carbonyl (C=O) groups is 2. The van der Waals surface area contributed by atoms with Gasteiger partial charge in [-0.3, -0.25) is 9.59 Å². The number of benzene rings is 1. The van der Waals surface area contributed by atoms with Gasteiger partial charge < -0.3 is 10.1 Å². The average molecular weight is 429 g/mol. The zero-order chi connectivity index (χ0) is 17.5. The van der Waals surface area contributed by atoms with E-state index in [0.717, 1.165) is 14.5 Å². The molecule has 0 aliphatic rings. The molecule has 128 valence electrons. The van der Waals surface area contributed by atoms with Gasteiger partial charge >= 0.3 is 5.97 Å². The summed E-state index contributed by atoms with van der Waals surface area (Å²) in [6.07, 6.45) is 0.157. The molecule has 0 spiro atoms. The number of thioether (sulfide) groups is 1. The second-order valence-electron chi connectivity index (χ2n) is 4.84. The number of esters is 1. The predicted molar refractivity (Wildman–Crippen MR) is 101 cm³/mol. The van der Waals surface area contributed by atoms with Gasteiger partial charge in [0, 0.05) is 15.5 Å². The number of nitrogens with zero attached hydrogens (tertiary/aromatic N) is 1. The molecule has 0 radical (unpaired) electrons. The van der Waals surface area contributed by atoms with Gasteiger partial charge in [-0.05, 0) is 38.1 Å². The van der Waals surface area contributed by atoms with Crippen molar-refractivity contribution in [1.29, 1.82) is 0 Å². The van der Waals surface area contributed by atoms with Gasteiger partial charge in [0.25, 0.3) is 0 Å². The molecule has 8 heteroatoms. The minimum Gasteiger partial charge on any atom is -0.466 e. The molecule has 5 nitrogen and oxygen atoms in total. The summed E-state index contributed by atoms with van der Waals surface area (Å²) in [5.41, 5.74) is 1.42. The number of carbonyl (C=O) groups excluding carboxylic acids is 2. The quantitative estimate of drug-likeness (QED) is 0.530. The fourth-order valence-electron chi connectivity index (χ4n) is 1.77. The third-order valence-corrected chi connectivity index (χ3v) is 5.57. The number of hydrogen-bond donors (Lipinski definition) is 1. The maximum atomic E-state index is 12.2. The number of ether oxygens (including phenoxy) is 1. The van der Waals surface area contributed by atoms with Crippen LogP contribution in [0, 0.1) is 0 Å². The van der Waals surface area contributed by atoms with Gasteiger partial charge in [0.2, 0.25) is 5.91 Å². The first-order chi connectivity index (χ1) is 11.5. The first kappa shape index (κ1) is 19.0. The second-order valence-corrected chi connectivity index (χ2v) is 8.20. The Labute approximate surface area is 157 Å². The van der Waals surface area contributed by atoms with Gasteiger partial charge in [0.1, 0.15) is 0 Å². The molecule has 0 bridgehead atoms. The summed E-state index contributed by atoms with van der Waals surface area (Å²) in [5, 5.41) is 4.39. The van der Waals surface area contributed by atoms with Crippen LogP contribution >= 0.6 is 39.0 Å². The van der Waals surface area contributed by atoms with E-state index in [9.17, 15) is 9.59 Å². The number of thiazole rings is 1. The van der Waals surface area contributed by atoms with Gasteiger partial charge in [-0.2, -0.15) is 0 Å². The molecule has 1 amide bonds. The lowest BCUT2D eigenvalue weighted by Crippen LogP contribution is -2.22. The van der Waals surface area contributed by atoms with Crippen LogP contribution in [0.4, 0.5) is 5.69 Å². The van der Waals surface area contributed by atoms with Crippen molar-refractivity contribution in [2.45, 2.75) is 29.9 Å². The molecule has 0 aliphatic heterocycles. The van der Waals surface area contributed by atoms with Crippen molar-refractivity contribution in [2.24, 2.45) is 0 Å². The molecule has 1 aromatic heterocycles. The molecule has 24 heavy (non-hydrogen) atoms. The third kappa shape index (κ3) is 5.92. The van der Waals surface area contributed by atoms with Crippen molar-refractivity contribution in [3.63, 3.8) is 0 Å². The molecule has 0 fully saturated rings. The van der Waals surface area contributed by atoms with Gasteiger partial charge in [0.05, 0.1) is 24.0 Å². The first-order valence-corrected chi connectivity index (χ1v) is 9.86. The van der Waals surface area contributed by atoms with E-state index >= 15 is 0 Å². The number of hydrogen-bond acceptors (Lipinski definition) is 6. The number of anilines is 1. The van der Waals surface area contributed by atoms with Crippen molar-refractivity contribution in [1.82, 2.24) is 4.98 Å². The molecular formula is C16H17BrN2O3S2. The summed E-state index contributed by atoms with van der Waals surface area (Å²) >= 11 is 6.15. The fourth-order valence-corrected chi connectivity index (χ4v) is 4.01. The Morgan fingerprint density at radius 2 is 2.08 bits per heavy atom. The van der Waals surface area contributed by atoms with E-state index in [1.54, 1.807) is 6.92 Å². The lowest BCUT2D eigenvalue weighted by molar-refractivity contribution is -0.142. The third-order valence-electron chi connectivity index (χ3n) is 2.92. The molecule has 0 aliphatic carbocycles. The van der Waals surface area contributed by atoms with Crippen LogP contribution < -0.4 is 5.32 Å². The zero-order valence-corrected chi connectivity index (χ0v) is 16.5. The van der Waals surface area contributed by atoms with E-state index in [2.05, 4.69) is 26.2 Å². The van der Waals surface area contributed by atoms with E-state index in [0.29, 0.717) is 12.3 Å². The highest BCUT2D eigenvalue weighted by Gasteiger charge is 2.17. The lowest BCUT2D eigenvalue weighted by atomic mass is 10.3. The van der Waals surface area contributed by atoms with Gasteiger partial charge in [0.15, 0.2) is 4.34 Å². The van der Waals surface area contributed by atoms with Crippen LogP contribution in [-0.2, 0) is 20.7 Å². The normalized spacial score (nSPS) is 11.8. The van der Waals surface area contributed by atoms with Crippen molar-refractivity contribution >= 4 is 56.6 Å². The van der Waals surface area contributed by atoms with Crippen LogP contribution in [0.2, 0.25) is 0 Å². The van der Waals surface area contributed by atoms with Crippen molar-refractivity contribution in [2.75, 3.05) is 11.9 Å². The molecular weight excluding hydrogens is 412 g/mol. The minimum absolute atomic E-state index is 0.0931. The number of aromatic nitrogens is 1. The van der Waals surface area contributed by atoms with Crippen LogP contribution in [0.25, 0.3) is 0 Å². The van der Waals surface area contributed by atoms with Crippen LogP contribution in [0.5, 0.6) is 0 Å². The molecule has 0 saturated carbocycles. The zero-order valence-electron chi connectivity index (χ0n) is 13.2. The maximum absolute atomic E-state index is 12.2. The molecule has 1 N–H and O–H groups in total. The molecule has 1 atom stereocenters. The number of nitrogens with one attached hydrogen (secondary N) is 1. The average Bonchev–Trinajstić information content (AvgIpc) is 2.96. The molecule has 1 aromatic carbocycles. The van der Waals surface area contributed by atoms with Gasteiger partial charge in [-0.15, -0.1) is 11.3 Å². The Kier molecular flexibility index (Phi) is 7.26. The Morgan fingerprint density at radius 3 is 2.75 bits per heavy atom. The minimum atomic E-state index is -0.296. The molecule has 0 saturated heterocycles. The lowest BCUT2D eigenvalue weighted by Gasteiger charge is -2.10. The largest absolute Gasteiger partial charge is 0.466 e. The summed E-state index contributed by atoms with van der Waals surface area (Å²) in [4.78, 5) is 28.0. The van der Waals surface area contributed by atoms with E-state index in [4.69, 9.17) is 4.74 Å². The second kappa shape index (κ2) is 9.19.